The summed E-state index contributed by atoms with van der Waals surface area (Å²) in [6.07, 6.45) is 3.24. The maximum atomic E-state index is 5.95. The van der Waals surface area contributed by atoms with Gasteiger partial charge in [-0.1, -0.05) is 0 Å². The molecule has 7 heteroatoms. The number of nitrogens with zero attached hydrogens (tertiary/aromatic N) is 1. The molecule has 0 spiro atoms. The number of ether oxygens (including phenoxy) is 3. The molecule has 0 bridgehead atoms. The van der Waals surface area contributed by atoms with Crippen molar-refractivity contribution in [2.24, 2.45) is 10.7 Å². The molecule has 6 nitrogen and oxygen atoms in total. The fourth-order valence-electron chi connectivity index (χ4n) is 2.32. The van der Waals surface area contributed by atoms with Gasteiger partial charge in [-0.3, -0.25) is 4.99 Å². The second-order valence-electron chi connectivity index (χ2n) is 5.13. The predicted octanol–water partition coefficient (Wildman–Crippen LogP) is 2.62. The lowest BCUT2D eigenvalue weighted by Crippen LogP contribution is -2.43. The third-order valence-electron chi connectivity index (χ3n) is 3.90. The number of aliphatic imine (C=N–C) groups is 1. The number of methoxy groups -OCH3 is 3. The van der Waals surface area contributed by atoms with Gasteiger partial charge >= 0.3 is 0 Å². The molecule has 3 N–H and O–H groups in total. The largest absolute Gasteiger partial charge is 0.497 e. The van der Waals surface area contributed by atoms with E-state index in [-0.39, 0.29) is 29.6 Å². The molecule has 0 atom stereocenters. The molecule has 1 aromatic carbocycles. The van der Waals surface area contributed by atoms with Crippen LogP contribution in [0.4, 0.5) is 5.69 Å². The van der Waals surface area contributed by atoms with Crippen molar-refractivity contribution >= 4 is 35.6 Å². The predicted molar refractivity (Wildman–Crippen MR) is 98.7 cm³/mol. The molecule has 1 aliphatic rings. The molecule has 1 aromatic rings. The van der Waals surface area contributed by atoms with Crippen LogP contribution in [0.5, 0.6) is 11.5 Å². The van der Waals surface area contributed by atoms with E-state index in [0.717, 1.165) is 24.3 Å². The molecule has 0 saturated heterocycles. The van der Waals surface area contributed by atoms with Gasteiger partial charge in [0.05, 0.1) is 32.1 Å². The van der Waals surface area contributed by atoms with Crippen LogP contribution in [-0.2, 0) is 4.74 Å². The molecule has 124 valence electrons. The molecule has 0 unspecified atom stereocenters. The molecular formula is C15H24IN3O3. The Morgan fingerprint density at radius 3 is 2.50 bits per heavy atom. The van der Waals surface area contributed by atoms with Crippen molar-refractivity contribution < 1.29 is 14.2 Å². The van der Waals surface area contributed by atoms with Crippen molar-refractivity contribution in [2.75, 3.05) is 33.2 Å². The Morgan fingerprint density at radius 2 is 2.00 bits per heavy atom. The van der Waals surface area contributed by atoms with Gasteiger partial charge in [0.1, 0.15) is 11.5 Å². The maximum Gasteiger partial charge on any atom is 0.193 e. The van der Waals surface area contributed by atoms with Crippen molar-refractivity contribution in [3.05, 3.63) is 18.2 Å². The Bertz CT molecular complexity index is 513. The summed E-state index contributed by atoms with van der Waals surface area (Å²) in [6.45, 7) is 0.564. The summed E-state index contributed by atoms with van der Waals surface area (Å²) < 4.78 is 16.0. The first-order chi connectivity index (χ1) is 10.1. The molecule has 2 rings (SSSR count). The van der Waals surface area contributed by atoms with Crippen LogP contribution >= 0.6 is 24.0 Å². The van der Waals surface area contributed by atoms with Gasteiger partial charge in [-0.05, 0) is 31.4 Å². The summed E-state index contributed by atoms with van der Waals surface area (Å²) >= 11 is 0. The molecule has 0 aliphatic heterocycles. The van der Waals surface area contributed by atoms with E-state index in [1.165, 1.54) is 6.42 Å². The first-order valence-corrected chi connectivity index (χ1v) is 6.96. The van der Waals surface area contributed by atoms with Crippen LogP contribution in [0.15, 0.2) is 23.2 Å². The highest BCUT2D eigenvalue weighted by molar-refractivity contribution is 14.0. The number of hydrogen-bond donors (Lipinski definition) is 2. The zero-order chi connectivity index (χ0) is 15.3. The zero-order valence-electron chi connectivity index (χ0n) is 13.2. The lowest BCUT2D eigenvalue weighted by molar-refractivity contribution is -0.0629. The highest BCUT2D eigenvalue weighted by atomic mass is 127. The van der Waals surface area contributed by atoms with Gasteiger partial charge in [0.2, 0.25) is 0 Å². The van der Waals surface area contributed by atoms with Gasteiger partial charge in [-0.15, -0.1) is 24.0 Å². The van der Waals surface area contributed by atoms with Gasteiger partial charge in [0.25, 0.3) is 0 Å². The lowest BCUT2D eigenvalue weighted by Gasteiger charge is -2.39. The Labute approximate surface area is 148 Å². The Balaban J connectivity index is 0.00000242. The minimum Gasteiger partial charge on any atom is -0.497 e. The van der Waals surface area contributed by atoms with E-state index in [4.69, 9.17) is 19.9 Å². The van der Waals surface area contributed by atoms with E-state index in [9.17, 15) is 0 Å². The van der Waals surface area contributed by atoms with E-state index in [1.54, 1.807) is 21.3 Å². The second-order valence-corrected chi connectivity index (χ2v) is 5.13. The topological polar surface area (TPSA) is 78.1 Å². The van der Waals surface area contributed by atoms with Crippen molar-refractivity contribution in [1.82, 2.24) is 0 Å². The Hall–Kier alpha value is -1.22. The molecule has 1 fully saturated rings. The number of hydrogen-bond acceptors (Lipinski definition) is 4. The SMILES string of the molecule is COc1ccc(OC)c(NC(N)=NCC2(OC)CCC2)c1.I. The first-order valence-electron chi connectivity index (χ1n) is 6.96. The van der Waals surface area contributed by atoms with Gasteiger partial charge in [-0.25, -0.2) is 0 Å². The monoisotopic (exact) mass is 421 g/mol. The van der Waals surface area contributed by atoms with Crippen LogP contribution in [-0.4, -0.2) is 39.4 Å². The number of rotatable bonds is 6. The fraction of sp³-hybridized carbons (Fsp3) is 0.533. The quantitative estimate of drug-likeness (QED) is 0.420. The standard InChI is InChI=1S/C15H23N3O3.HI/c1-19-11-5-6-13(20-2)12(9-11)18-14(16)17-10-15(21-3)7-4-8-15;/h5-6,9H,4,7-8,10H2,1-3H3,(H3,16,17,18);1H. The van der Waals surface area contributed by atoms with Gasteiger partial charge < -0.3 is 25.3 Å². The first kappa shape index (κ1) is 18.8. The third-order valence-corrected chi connectivity index (χ3v) is 3.90. The van der Waals surface area contributed by atoms with Crippen molar-refractivity contribution in [2.45, 2.75) is 24.9 Å². The zero-order valence-corrected chi connectivity index (χ0v) is 15.5. The Morgan fingerprint density at radius 1 is 1.27 bits per heavy atom. The normalized spacial score (nSPS) is 16.2. The summed E-state index contributed by atoms with van der Waals surface area (Å²) in [7, 11) is 4.94. The van der Waals surface area contributed by atoms with Gasteiger partial charge in [0, 0.05) is 13.2 Å². The van der Waals surface area contributed by atoms with Crippen molar-refractivity contribution in [3.8, 4) is 11.5 Å². The van der Waals surface area contributed by atoms with Gasteiger partial charge in [-0.2, -0.15) is 0 Å². The van der Waals surface area contributed by atoms with Crippen LogP contribution in [0, 0.1) is 0 Å². The average Bonchev–Trinajstić information content (AvgIpc) is 2.46. The maximum absolute atomic E-state index is 5.95. The number of guanidine groups is 1. The van der Waals surface area contributed by atoms with Crippen LogP contribution in [0.2, 0.25) is 0 Å². The van der Waals surface area contributed by atoms with E-state index < -0.39 is 0 Å². The number of nitrogens with two attached hydrogens (primary N) is 1. The summed E-state index contributed by atoms with van der Waals surface area (Å²) in [6, 6.07) is 5.46. The van der Waals surface area contributed by atoms with E-state index in [1.807, 2.05) is 18.2 Å². The second kappa shape index (κ2) is 8.42. The number of anilines is 1. The van der Waals surface area contributed by atoms with Crippen molar-refractivity contribution in [1.29, 1.82) is 0 Å². The molecular weight excluding hydrogens is 397 g/mol. The van der Waals surface area contributed by atoms with Crippen LogP contribution in [0.3, 0.4) is 0 Å². The molecule has 0 aromatic heterocycles. The minimum atomic E-state index is -0.134. The molecule has 0 amide bonds. The number of nitrogens with one attached hydrogen (secondary N) is 1. The van der Waals surface area contributed by atoms with E-state index in [0.29, 0.717) is 18.3 Å². The number of halogens is 1. The average molecular weight is 421 g/mol. The summed E-state index contributed by atoms with van der Waals surface area (Å²) in [4.78, 5) is 4.38. The van der Waals surface area contributed by atoms with Crippen LogP contribution in [0.25, 0.3) is 0 Å². The highest BCUT2D eigenvalue weighted by Gasteiger charge is 2.36. The van der Waals surface area contributed by atoms with Crippen LogP contribution < -0.4 is 20.5 Å². The summed E-state index contributed by atoms with van der Waals surface area (Å²) in [5.41, 5.74) is 6.53. The highest BCUT2D eigenvalue weighted by Crippen LogP contribution is 2.35. The summed E-state index contributed by atoms with van der Waals surface area (Å²) in [5, 5.41) is 3.05. The smallest absolute Gasteiger partial charge is 0.193 e. The van der Waals surface area contributed by atoms with E-state index in [2.05, 4.69) is 10.3 Å². The minimum absolute atomic E-state index is 0. The molecule has 0 radical (unpaired) electrons. The lowest BCUT2D eigenvalue weighted by atomic mass is 9.80. The Kier molecular flexibility index (Phi) is 7.21. The number of benzene rings is 1. The molecule has 1 aliphatic carbocycles. The summed E-state index contributed by atoms with van der Waals surface area (Å²) in [5.74, 6) is 1.74. The molecule has 0 heterocycles. The third kappa shape index (κ3) is 4.39. The van der Waals surface area contributed by atoms with Crippen molar-refractivity contribution in [3.63, 3.8) is 0 Å². The van der Waals surface area contributed by atoms with Gasteiger partial charge in [0.15, 0.2) is 5.96 Å². The molecule has 22 heavy (non-hydrogen) atoms. The van der Waals surface area contributed by atoms with E-state index >= 15 is 0 Å². The van der Waals surface area contributed by atoms with Crippen LogP contribution in [0.1, 0.15) is 19.3 Å². The fourth-order valence-corrected chi connectivity index (χ4v) is 2.32. The molecule has 1 saturated carbocycles.